The SMILES string of the molecule is O=c1[nH]c(-c2ccc(Cl)cc2)nc2c1CCN(Cc1cccc3cc[nH]c13)C2. The number of nitrogens with zero attached hydrogens (tertiary/aromatic N) is 2. The molecule has 2 aromatic carbocycles. The smallest absolute Gasteiger partial charge is 0.254 e. The molecule has 28 heavy (non-hydrogen) atoms. The predicted molar refractivity (Wildman–Crippen MR) is 111 cm³/mol. The van der Waals surface area contributed by atoms with Crippen molar-refractivity contribution in [2.75, 3.05) is 6.54 Å². The number of para-hydroxylation sites is 1. The molecular formula is C22H19ClN4O. The molecule has 0 unspecified atom stereocenters. The molecule has 5 rings (SSSR count). The summed E-state index contributed by atoms with van der Waals surface area (Å²) >= 11 is 5.97. The van der Waals surface area contributed by atoms with Gasteiger partial charge in [-0.2, -0.15) is 0 Å². The Balaban J connectivity index is 1.45. The molecule has 0 saturated heterocycles. The Kier molecular flexibility index (Phi) is 4.26. The van der Waals surface area contributed by atoms with E-state index in [1.807, 2.05) is 18.3 Å². The van der Waals surface area contributed by atoms with Gasteiger partial charge in [0.1, 0.15) is 5.82 Å². The fraction of sp³-hybridized carbons (Fsp3) is 0.182. The summed E-state index contributed by atoms with van der Waals surface area (Å²) in [7, 11) is 0. The fourth-order valence-corrected chi connectivity index (χ4v) is 4.02. The summed E-state index contributed by atoms with van der Waals surface area (Å²) in [4.78, 5) is 26.0. The van der Waals surface area contributed by atoms with Crippen molar-refractivity contribution in [3.8, 4) is 11.4 Å². The molecule has 3 heterocycles. The topological polar surface area (TPSA) is 64.8 Å². The Morgan fingerprint density at radius 1 is 1.11 bits per heavy atom. The number of halogens is 1. The van der Waals surface area contributed by atoms with E-state index in [-0.39, 0.29) is 5.56 Å². The van der Waals surface area contributed by atoms with Crippen LogP contribution in [0, 0.1) is 0 Å². The highest BCUT2D eigenvalue weighted by atomic mass is 35.5. The minimum Gasteiger partial charge on any atom is -0.361 e. The van der Waals surface area contributed by atoms with Gasteiger partial charge < -0.3 is 9.97 Å². The van der Waals surface area contributed by atoms with E-state index >= 15 is 0 Å². The quantitative estimate of drug-likeness (QED) is 0.552. The van der Waals surface area contributed by atoms with Crippen molar-refractivity contribution in [3.05, 3.63) is 86.9 Å². The van der Waals surface area contributed by atoms with Crippen molar-refractivity contribution in [2.24, 2.45) is 0 Å². The lowest BCUT2D eigenvalue weighted by atomic mass is 10.0. The largest absolute Gasteiger partial charge is 0.361 e. The van der Waals surface area contributed by atoms with Gasteiger partial charge in [-0.25, -0.2) is 4.98 Å². The molecule has 2 aromatic heterocycles. The Morgan fingerprint density at radius 2 is 1.96 bits per heavy atom. The number of rotatable bonds is 3. The van der Waals surface area contributed by atoms with Crippen LogP contribution in [0.15, 0.2) is 59.5 Å². The molecule has 1 aliphatic heterocycles. The zero-order chi connectivity index (χ0) is 19.1. The molecule has 5 nitrogen and oxygen atoms in total. The molecule has 1 aliphatic rings. The number of hydrogen-bond donors (Lipinski definition) is 2. The van der Waals surface area contributed by atoms with Gasteiger partial charge in [0, 0.05) is 47.5 Å². The normalized spacial score (nSPS) is 14.3. The summed E-state index contributed by atoms with van der Waals surface area (Å²) in [5, 5.41) is 1.88. The number of benzene rings is 2. The lowest BCUT2D eigenvalue weighted by molar-refractivity contribution is 0.241. The van der Waals surface area contributed by atoms with Gasteiger partial charge in [0.25, 0.3) is 5.56 Å². The lowest BCUT2D eigenvalue weighted by Gasteiger charge is -2.28. The first-order valence-corrected chi connectivity index (χ1v) is 9.70. The third kappa shape index (κ3) is 3.13. The molecule has 0 spiro atoms. The minimum absolute atomic E-state index is 0.0407. The van der Waals surface area contributed by atoms with Gasteiger partial charge in [-0.05, 0) is 47.7 Å². The number of aromatic nitrogens is 3. The molecule has 0 atom stereocenters. The summed E-state index contributed by atoms with van der Waals surface area (Å²) in [6, 6.07) is 15.8. The summed E-state index contributed by atoms with van der Waals surface area (Å²) in [6.45, 7) is 2.33. The molecule has 0 fully saturated rings. The average Bonchev–Trinajstić information content (AvgIpc) is 3.18. The molecule has 6 heteroatoms. The molecule has 0 amide bonds. The van der Waals surface area contributed by atoms with E-state index in [1.165, 1.54) is 16.5 Å². The van der Waals surface area contributed by atoms with Crippen LogP contribution in [-0.2, 0) is 19.5 Å². The van der Waals surface area contributed by atoms with Gasteiger partial charge in [-0.15, -0.1) is 0 Å². The molecule has 0 aliphatic carbocycles. The second kappa shape index (κ2) is 6.93. The maximum Gasteiger partial charge on any atom is 0.254 e. The Labute approximate surface area is 167 Å². The maximum atomic E-state index is 12.6. The van der Waals surface area contributed by atoms with Crippen molar-refractivity contribution >= 4 is 22.5 Å². The van der Waals surface area contributed by atoms with Gasteiger partial charge >= 0.3 is 0 Å². The van der Waals surface area contributed by atoms with Crippen LogP contribution >= 0.6 is 11.6 Å². The number of H-pyrrole nitrogens is 2. The van der Waals surface area contributed by atoms with Crippen LogP contribution in [-0.4, -0.2) is 26.4 Å². The van der Waals surface area contributed by atoms with Crippen LogP contribution < -0.4 is 5.56 Å². The minimum atomic E-state index is -0.0407. The van der Waals surface area contributed by atoms with E-state index in [1.54, 1.807) is 12.1 Å². The van der Waals surface area contributed by atoms with E-state index < -0.39 is 0 Å². The number of fused-ring (bicyclic) bond motifs is 2. The van der Waals surface area contributed by atoms with Crippen molar-refractivity contribution < 1.29 is 0 Å². The van der Waals surface area contributed by atoms with Crippen LogP contribution in [0.25, 0.3) is 22.3 Å². The zero-order valence-corrected chi connectivity index (χ0v) is 16.0. The first-order valence-electron chi connectivity index (χ1n) is 9.33. The number of hydrogen-bond acceptors (Lipinski definition) is 3. The summed E-state index contributed by atoms with van der Waals surface area (Å²) in [5.74, 6) is 0.591. The third-order valence-electron chi connectivity index (χ3n) is 5.34. The fourth-order valence-electron chi connectivity index (χ4n) is 3.90. The maximum absolute atomic E-state index is 12.6. The molecular weight excluding hydrogens is 372 g/mol. The lowest BCUT2D eigenvalue weighted by Crippen LogP contribution is -2.35. The van der Waals surface area contributed by atoms with Crippen molar-refractivity contribution in [1.29, 1.82) is 0 Å². The van der Waals surface area contributed by atoms with Crippen LogP contribution in [0.1, 0.15) is 16.8 Å². The van der Waals surface area contributed by atoms with E-state index in [2.05, 4.69) is 39.1 Å². The standard InChI is InChI=1S/C22H19ClN4O/c23-17-6-4-15(5-7-17)21-25-19-13-27(11-9-18(19)22(28)26-21)12-16-3-1-2-14-8-10-24-20(14)16/h1-8,10,24H,9,11-13H2,(H,25,26,28). The van der Waals surface area contributed by atoms with Crippen molar-refractivity contribution in [3.63, 3.8) is 0 Å². The second-order valence-electron chi connectivity index (χ2n) is 7.17. The van der Waals surface area contributed by atoms with E-state index in [4.69, 9.17) is 16.6 Å². The number of aromatic amines is 2. The Hall–Kier alpha value is -2.89. The second-order valence-corrected chi connectivity index (χ2v) is 7.60. The number of nitrogens with one attached hydrogen (secondary N) is 2. The summed E-state index contributed by atoms with van der Waals surface area (Å²) in [6.07, 6.45) is 2.68. The van der Waals surface area contributed by atoms with Crippen LogP contribution in [0.2, 0.25) is 5.02 Å². The highest BCUT2D eigenvalue weighted by molar-refractivity contribution is 6.30. The van der Waals surface area contributed by atoms with E-state index in [9.17, 15) is 4.79 Å². The van der Waals surface area contributed by atoms with Gasteiger partial charge in [-0.3, -0.25) is 9.69 Å². The third-order valence-corrected chi connectivity index (χ3v) is 5.59. The Morgan fingerprint density at radius 3 is 2.82 bits per heavy atom. The predicted octanol–water partition coefficient (Wildman–Crippen LogP) is 4.13. The summed E-state index contributed by atoms with van der Waals surface area (Å²) in [5.41, 5.74) is 4.91. The van der Waals surface area contributed by atoms with E-state index in [0.717, 1.165) is 29.9 Å². The molecule has 0 bridgehead atoms. The average molecular weight is 391 g/mol. The first kappa shape index (κ1) is 17.2. The molecule has 4 aromatic rings. The highest BCUT2D eigenvalue weighted by Crippen LogP contribution is 2.23. The molecule has 0 saturated carbocycles. The monoisotopic (exact) mass is 390 g/mol. The molecule has 2 N–H and O–H groups in total. The van der Waals surface area contributed by atoms with E-state index in [0.29, 0.717) is 23.8 Å². The van der Waals surface area contributed by atoms with Gasteiger partial charge in [0.15, 0.2) is 0 Å². The van der Waals surface area contributed by atoms with Crippen LogP contribution in [0.3, 0.4) is 0 Å². The zero-order valence-electron chi connectivity index (χ0n) is 15.2. The Bertz CT molecular complexity index is 1210. The summed E-state index contributed by atoms with van der Waals surface area (Å²) < 4.78 is 0. The van der Waals surface area contributed by atoms with Gasteiger partial charge in [-0.1, -0.05) is 29.8 Å². The first-order chi connectivity index (χ1) is 13.7. The van der Waals surface area contributed by atoms with Crippen molar-refractivity contribution in [1.82, 2.24) is 19.9 Å². The molecule has 140 valence electrons. The van der Waals surface area contributed by atoms with Gasteiger partial charge in [0.2, 0.25) is 0 Å². The molecule has 0 radical (unpaired) electrons. The van der Waals surface area contributed by atoms with Crippen LogP contribution in [0.4, 0.5) is 0 Å². The van der Waals surface area contributed by atoms with Crippen molar-refractivity contribution in [2.45, 2.75) is 19.5 Å². The van der Waals surface area contributed by atoms with Crippen LogP contribution in [0.5, 0.6) is 0 Å². The highest BCUT2D eigenvalue weighted by Gasteiger charge is 2.22. The van der Waals surface area contributed by atoms with Gasteiger partial charge in [0.05, 0.1) is 5.69 Å².